The van der Waals surface area contributed by atoms with E-state index in [0.29, 0.717) is 28.4 Å². The maximum Gasteiger partial charge on any atom is 0.266 e. The van der Waals surface area contributed by atoms with E-state index in [9.17, 15) is 14.9 Å². The van der Waals surface area contributed by atoms with Crippen molar-refractivity contribution in [1.82, 2.24) is 0 Å². The van der Waals surface area contributed by atoms with Crippen LogP contribution in [-0.4, -0.2) is 32.6 Å². The number of nitrogens with one attached hydrogen (secondary N) is 2. The molecule has 0 saturated heterocycles. The number of halogens is 1. The molecule has 3 aromatic rings. The van der Waals surface area contributed by atoms with E-state index in [-0.39, 0.29) is 28.9 Å². The minimum absolute atomic E-state index is 0.107. The van der Waals surface area contributed by atoms with Gasteiger partial charge >= 0.3 is 0 Å². The predicted octanol–water partition coefficient (Wildman–Crippen LogP) is 4.92. The molecule has 2 amide bonds. The molecule has 0 spiro atoms. The Kier molecular flexibility index (Phi) is 8.70. The SMILES string of the molecule is COc1ccc(NC(=O)COc2ccc(C=C(C#N)C(=O)Nc3ccc(OC)cc3)cc2Cl)cc1. The molecule has 0 heterocycles. The van der Waals surface area contributed by atoms with E-state index >= 15 is 0 Å². The van der Waals surface area contributed by atoms with Crippen molar-refractivity contribution in [1.29, 1.82) is 5.26 Å². The van der Waals surface area contributed by atoms with E-state index in [2.05, 4.69) is 10.6 Å². The highest BCUT2D eigenvalue weighted by Gasteiger charge is 2.12. The molecule has 0 aliphatic carbocycles. The Morgan fingerprint density at radius 3 is 2.00 bits per heavy atom. The van der Waals surface area contributed by atoms with Crippen LogP contribution in [-0.2, 0) is 9.59 Å². The fraction of sp³-hybridized carbons (Fsp3) is 0.115. The zero-order valence-electron chi connectivity index (χ0n) is 19.0. The van der Waals surface area contributed by atoms with Crippen molar-refractivity contribution < 1.29 is 23.8 Å². The van der Waals surface area contributed by atoms with Gasteiger partial charge in [-0.25, -0.2) is 0 Å². The van der Waals surface area contributed by atoms with E-state index in [1.807, 2.05) is 6.07 Å². The van der Waals surface area contributed by atoms with Crippen LogP contribution in [0.1, 0.15) is 5.56 Å². The highest BCUT2D eigenvalue weighted by molar-refractivity contribution is 6.32. The number of amides is 2. The molecule has 3 rings (SSSR count). The largest absolute Gasteiger partial charge is 0.497 e. The molecule has 3 aromatic carbocycles. The van der Waals surface area contributed by atoms with Gasteiger partial charge in [0.15, 0.2) is 6.61 Å². The summed E-state index contributed by atoms with van der Waals surface area (Å²) >= 11 is 6.28. The molecule has 0 fully saturated rings. The van der Waals surface area contributed by atoms with Crippen molar-refractivity contribution in [2.45, 2.75) is 0 Å². The monoisotopic (exact) mass is 491 g/mol. The number of hydrogen-bond donors (Lipinski definition) is 2. The first-order valence-electron chi connectivity index (χ1n) is 10.4. The van der Waals surface area contributed by atoms with Gasteiger partial charge in [-0.2, -0.15) is 5.26 Å². The summed E-state index contributed by atoms with van der Waals surface area (Å²) in [5.74, 6) is 0.684. The Morgan fingerprint density at radius 2 is 1.49 bits per heavy atom. The van der Waals surface area contributed by atoms with Crippen molar-refractivity contribution in [2.24, 2.45) is 0 Å². The lowest BCUT2D eigenvalue weighted by Gasteiger charge is -2.10. The van der Waals surface area contributed by atoms with Gasteiger partial charge < -0.3 is 24.8 Å². The van der Waals surface area contributed by atoms with Crippen LogP contribution in [0.5, 0.6) is 17.2 Å². The van der Waals surface area contributed by atoms with Gasteiger partial charge in [0.25, 0.3) is 11.8 Å². The van der Waals surface area contributed by atoms with Crippen molar-refractivity contribution in [3.63, 3.8) is 0 Å². The van der Waals surface area contributed by atoms with E-state index in [1.165, 1.54) is 12.1 Å². The second-order valence-corrected chi connectivity index (χ2v) is 7.51. The highest BCUT2D eigenvalue weighted by Crippen LogP contribution is 2.27. The van der Waals surface area contributed by atoms with Crippen LogP contribution in [0.4, 0.5) is 11.4 Å². The summed E-state index contributed by atoms with van der Waals surface area (Å²) in [5, 5.41) is 15.0. The van der Waals surface area contributed by atoms with Gasteiger partial charge in [0.05, 0.1) is 19.2 Å². The third kappa shape index (κ3) is 7.25. The first kappa shape index (κ1) is 25.1. The second kappa shape index (κ2) is 12.1. The molecule has 0 aliphatic rings. The summed E-state index contributed by atoms with van der Waals surface area (Å²) in [4.78, 5) is 24.6. The lowest BCUT2D eigenvalue weighted by atomic mass is 10.1. The lowest BCUT2D eigenvalue weighted by Crippen LogP contribution is -2.20. The molecule has 0 aliphatic heterocycles. The van der Waals surface area contributed by atoms with E-state index in [1.54, 1.807) is 74.9 Å². The van der Waals surface area contributed by atoms with Crippen LogP contribution in [0.15, 0.2) is 72.3 Å². The van der Waals surface area contributed by atoms with Crippen LogP contribution in [0.2, 0.25) is 5.02 Å². The molecule has 0 saturated carbocycles. The van der Waals surface area contributed by atoms with Gasteiger partial charge in [0, 0.05) is 11.4 Å². The summed E-state index contributed by atoms with van der Waals surface area (Å²) < 4.78 is 15.7. The number of methoxy groups -OCH3 is 2. The predicted molar refractivity (Wildman–Crippen MR) is 134 cm³/mol. The fourth-order valence-corrected chi connectivity index (χ4v) is 3.17. The molecule has 2 N–H and O–H groups in total. The molecule has 0 unspecified atom stereocenters. The maximum atomic E-state index is 12.5. The molecule has 0 atom stereocenters. The number of carbonyl (C=O) groups excluding carboxylic acids is 2. The Hall–Kier alpha value is -4.48. The second-order valence-electron chi connectivity index (χ2n) is 7.11. The summed E-state index contributed by atoms with van der Waals surface area (Å²) in [6, 6.07) is 20.2. The first-order chi connectivity index (χ1) is 16.9. The number of carbonyl (C=O) groups is 2. The number of rotatable bonds is 9. The van der Waals surface area contributed by atoms with E-state index in [0.717, 1.165) is 0 Å². The van der Waals surface area contributed by atoms with Gasteiger partial charge in [0.2, 0.25) is 0 Å². The molecular weight excluding hydrogens is 470 g/mol. The smallest absolute Gasteiger partial charge is 0.266 e. The Balaban J connectivity index is 1.60. The van der Waals surface area contributed by atoms with Crippen LogP contribution in [0, 0.1) is 11.3 Å². The van der Waals surface area contributed by atoms with Crippen LogP contribution < -0.4 is 24.8 Å². The van der Waals surface area contributed by atoms with Crippen molar-refractivity contribution in [3.05, 3.63) is 82.9 Å². The zero-order chi connectivity index (χ0) is 25.2. The third-order valence-corrected chi connectivity index (χ3v) is 5.01. The van der Waals surface area contributed by atoms with Gasteiger partial charge in [-0.3, -0.25) is 9.59 Å². The minimum atomic E-state index is -0.565. The Bertz CT molecular complexity index is 1270. The number of nitriles is 1. The number of benzene rings is 3. The van der Waals surface area contributed by atoms with Crippen molar-refractivity contribution >= 4 is 40.9 Å². The number of ether oxygens (including phenoxy) is 3. The molecule has 35 heavy (non-hydrogen) atoms. The molecule has 0 aromatic heterocycles. The van der Waals surface area contributed by atoms with Gasteiger partial charge in [-0.15, -0.1) is 0 Å². The minimum Gasteiger partial charge on any atom is -0.497 e. The molecule has 0 radical (unpaired) electrons. The van der Waals surface area contributed by atoms with Crippen molar-refractivity contribution in [3.8, 4) is 23.3 Å². The topological polar surface area (TPSA) is 110 Å². The van der Waals surface area contributed by atoms with Gasteiger partial charge in [-0.1, -0.05) is 17.7 Å². The molecular formula is C26H22ClN3O5. The Morgan fingerprint density at radius 1 is 0.914 bits per heavy atom. The summed E-state index contributed by atoms with van der Waals surface area (Å²) in [6.07, 6.45) is 1.41. The number of hydrogen-bond acceptors (Lipinski definition) is 6. The number of anilines is 2. The van der Waals surface area contributed by atoms with Crippen LogP contribution >= 0.6 is 11.6 Å². The standard InChI is InChI=1S/C26H22ClN3O5/c1-33-21-8-4-19(5-9-21)29-25(31)16-35-24-12-3-17(14-23(24)27)13-18(15-28)26(32)30-20-6-10-22(34-2)11-7-20/h3-14H,16H2,1-2H3,(H,29,31)(H,30,32). The van der Waals surface area contributed by atoms with E-state index in [4.69, 9.17) is 25.8 Å². The maximum absolute atomic E-state index is 12.5. The third-order valence-electron chi connectivity index (χ3n) is 4.71. The fourth-order valence-electron chi connectivity index (χ4n) is 2.93. The molecule has 8 nitrogen and oxygen atoms in total. The van der Waals surface area contributed by atoms with Crippen molar-refractivity contribution in [2.75, 3.05) is 31.5 Å². The number of nitrogens with zero attached hydrogens (tertiary/aromatic N) is 1. The highest BCUT2D eigenvalue weighted by atomic mass is 35.5. The average molecular weight is 492 g/mol. The van der Waals surface area contributed by atoms with Crippen LogP contribution in [0.25, 0.3) is 6.08 Å². The molecule has 0 bridgehead atoms. The zero-order valence-corrected chi connectivity index (χ0v) is 19.8. The van der Waals surface area contributed by atoms with Gasteiger partial charge in [-0.05, 0) is 72.3 Å². The average Bonchev–Trinajstić information content (AvgIpc) is 2.87. The summed E-state index contributed by atoms with van der Waals surface area (Å²) in [5.41, 5.74) is 1.53. The summed E-state index contributed by atoms with van der Waals surface area (Å²) in [7, 11) is 3.10. The Labute approximate surface area is 207 Å². The van der Waals surface area contributed by atoms with E-state index < -0.39 is 5.91 Å². The quantitative estimate of drug-likeness (QED) is 0.325. The normalized spacial score (nSPS) is 10.6. The summed E-state index contributed by atoms with van der Waals surface area (Å²) in [6.45, 7) is -0.255. The van der Waals surface area contributed by atoms with Gasteiger partial charge in [0.1, 0.15) is 28.9 Å². The molecule has 9 heteroatoms. The lowest BCUT2D eigenvalue weighted by molar-refractivity contribution is -0.118. The molecule has 178 valence electrons. The first-order valence-corrected chi connectivity index (χ1v) is 10.7. The van der Waals surface area contributed by atoms with Crippen LogP contribution in [0.3, 0.4) is 0 Å².